The van der Waals surface area contributed by atoms with Crippen LogP contribution in [0.1, 0.15) is 40.2 Å². The summed E-state index contributed by atoms with van der Waals surface area (Å²) >= 11 is 0. The number of carbonyl (C=O) groups is 5. The van der Waals surface area contributed by atoms with Crippen molar-refractivity contribution in [1.29, 1.82) is 0 Å². The van der Waals surface area contributed by atoms with Crippen LogP contribution in [0.5, 0.6) is 0 Å². The monoisotopic (exact) mass is 641 g/mol. The number of aliphatic hydroxyl groups is 2. The molecule has 16 heteroatoms. The minimum absolute atomic E-state index is 0.0394. The Balaban J connectivity index is 1.86. The van der Waals surface area contributed by atoms with Crippen LogP contribution in [-0.4, -0.2) is 115 Å². The molecule has 0 bridgehead atoms. The van der Waals surface area contributed by atoms with Crippen LogP contribution >= 0.6 is 0 Å². The van der Waals surface area contributed by atoms with Gasteiger partial charge in [0.15, 0.2) is 30.9 Å². The van der Waals surface area contributed by atoms with Crippen LogP contribution in [-0.2, 0) is 68.5 Å². The normalized spacial score (nSPS) is 31.3. The quantitative estimate of drug-likeness (QED) is 0.189. The van der Waals surface area contributed by atoms with Gasteiger partial charge in [-0.15, -0.1) is 0 Å². The topological polar surface area (TPSA) is 212 Å². The molecule has 250 valence electrons. The van der Waals surface area contributed by atoms with Gasteiger partial charge in [0, 0.05) is 34.6 Å². The van der Waals surface area contributed by atoms with Crippen LogP contribution in [0.2, 0.25) is 0 Å². The maximum atomic E-state index is 12.1. The van der Waals surface area contributed by atoms with Gasteiger partial charge in [0.1, 0.15) is 37.1 Å². The Morgan fingerprint density at radius 1 is 0.689 bits per heavy atom. The second kappa shape index (κ2) is 16.6. The molecule has 2 saturated heterocycles. The van der Waals surface area contributed by atoms with E-state index in [2.05, 4.69) is 5.32 Å². The van der Waals surface area contributed by atoms with Gasteiger partial charge in [-0.05, 0) is 5.56 Å². The van der Waals surface area contributed by atoms with Gasteiger partial charge in [-0.1, -0.05) is 30.3 Å². The number of esters is 4. The summed E-state index contributed by atoms with van der Waals surface area (Å²) in [5, 5.41) is 24.3. The molecular formula is C29H39NO15. The summed E-state index contributed by atoms with van der Waals surface area (Å²) in [6.45, 7) is 4.68. The summed E-state index contributed by atoms with van der Waals surface area (Å²) in [6, 6.07) is 7.87. The maximum Gasteiger partial charge on any atom is 0.303 e. The summed E-state index contributed by atoms with van der Waals surface area (Å²) in [5.41, 5.74) is 0.772. The lowest BCUT2D eigenvalue weighted by Crippen LogP contribution is -2.65. The molecule has 10 unspecified atom stereocenters. The second-order valence-electron chi connectivity index (χ2n) is 10.4. The average Bonchev–Trinajstić information content (AvgIpc) is 2.95. The smallest absolute Gasteiger partial charge is 0.303 e. The summed E-state index contributed by atoms with van der Waals surface area (Å²) in [7, 11) is 0. The first kappa shape index (κ1) is 35.8. The molecule has 2 aliphatic heterocycles. The predicted molar refractivity (Wildman–Crippen MR) is 147 cm³/mol. The van der Waals surface area contributed by atoms with E-state index in [0.717, 1.165) is 33.3 Å². The van der Waals surface area contributed by atoms with E-state index in [-0.39, 0.29) is 6.61 Å². The van der Waals surface area contributed by atoms with Crippen molar-refractivity contribution in [1.82, 2.24) is 5.32 Å². The number of benzene rings is 1. The molecule has 0 aromatic heterocycles. The van der Waals surface area contributed by atoms with E-state index in [4.69, 9.17) is 37.9 Å². The maximum absolute atomic E-state index is 12.1. The van der Waals surface area contributed by atoms with Gasteiger partial charge in [0.05, 0.1) is 13.2 Å². The first-order chi connectivity index (χ1) is 21.3. The van der Waals surface area contributed by atoms with Crippen LogP contribution in [0.15, 0.2) is 30.3 Å². The SMILES string of the molecule is CC(=O)NC1C(OCc2ccccc2)OC(COC2OC(COC(C)=O)C(OC(C)=O)C(OC(C)=O)C2OC(C)=O)C(O)C1O. The third kappa shape index (κ3) is 10.4. The van der Waals surface area contributed by atoms with Crippen LogP contribution in [0.25, 0.3) is 0 Å². The molecule has 0 radical (unpaired) electrons. The van der Waals surface area contributed by atoms with Crippen molar-refractivity contribution in [2.75, 3.05) is 13.2 Å². The van der Waals surface area contributed by atoms with Crippen molar-refractivity contribution >= 4 is 29.8 Å². The van der Waals surface area contributed by atoms with Gasteiger partial charge in [0.2, 0.25) is 5.91 Å². The number of rotatable bonds is 12. The standard InChI is InChI=1S/C29H39NO15/c1-14(31)30-22-24(37)23(36)20(44-28(22)39-11-19-9-7-6-8-10-19)12-40-29-27(43-18(5)35)26(42-17(4)34)25(41-16(3)33)21(45-29)13-38-15(2)32/h6-10,20-29,36-37H,11-13H2,1-5H3,(H,30,31). The number of hydrogen-bond donors (Lipinski definition) is 3. The van der Waals surface area contributed by atoms with E-state index >= 15 is 0 Å². The molecule has 0 saturated carbocycles. The zero-order valence-electron chi connectivity index (χ0n) is 25.5. The van der Waals surface area contributed by atoms with E-state index in [1.54, 1.807) is 24.3 Å². The second-order valence-corrected chi connectivity index (χ2v) is 10.4. The van der Waals surface area contributed by atoms with Gasteiger partial charge in [-0.3, -0.25) is 24.0 Å². The average molecular weight is 642 g/mol. The molecule has 3 rings (SSSR count). The van der Waals surface area contributed by atoms with Gasteiger partial charge in [0.25, 0.3) is 0 Å². The summed E-state index contributed by atoms with van der Waals surface area (Å²) < 4.78 is 44.7. The molecule has 3 N–H and O–H groups in total. The van der Waals surface area contributed by atoms with Gasteiger partial charge in [-0.25, -0.2) is 0 Å². The van der Waals surface area contributed by atoms with Crippen molar-refractivity contribution < 1.29 is 72.1 Å². The minimum atomic E-state index is -1.61. The van der Waals surface area contributed by atoms with E-state index in [1.807, 2.05) is 6.07 Å². The Bertz CT molecular complexity index is 1180. The lowest BCUT2D eigenvalue weighted by molar-refractivity contribution is -0.325. The molecule has 0 spiro atoms. The van der Waals surface area contributed by atoms with Gasteiger partial charge < -0.3 is 53.4 Å². The minimum Gasteiger partial charge on any atom is -0.463 e. The molecule has 2 fully saturated rings. The lowest BCUT2D eigenvalue weighted by Gasteiger charge is -2.45. The highest BCUT2D eigenvalue weighted by Crippen LogP contribution is 2.31. The Hall–Kier alpha value is -3.67. The third-order valence-electron chi connectivity index (χ3n) is 6.70. The Morgan fingerprint density at radius 3 is 1.84 bits per heavy atom. The molecule has 1 aromatic carbocycles. The zero-order chi connectivity index (χ0) is 33.3. The fourth-order valence-electron chi connectivity index (χ4n) is 4.86. The van der Waals surface area contributed by atoms with Crippen molar-refractivity contribution in [2.45, 2.75) is 103 Å². The highest BCUT2D eigenvalue weighted by atomic mass is 16.7. The van der Waals surface area contributed by atoms with E-state index in [9.17, 15) is 34.2 Å². The molecule has 1 amide bonds. The molecule has 2 aliphatic rings. The van der Waals surface area contributed by atoms with Gasteiger partial charge in [-0.2, -0.15) is 0 Å². The summed E-state index contributed by atoms with van der Waals surface area (Å²) in [6.07, 6.45) is -12.9. The van der Waals surface area contributed by atoms with Crippen LogP contribution in [0.3, 0.4) is 0 Å². The number of hydrogen-bond acceptors (Lipinski definition) is 15. The molecule has 1 aromatic rings. The first-order valence-corrected chi connectivity index (χ1v) is 14.1. The van der Waals surface area contributed by atoms with Crippen molar-refractivity contribution in [3.63, 3.8) is 0 Å². The van der Waals surface area contributed by atoms with Crippen LogP contribution in [0.4, 0.5) is 0 Å². The Morgan fingerprint density at radius 2 is 1.27 bits per heavy atom. The zero-order valence-corrected chi connectivity index (χ0v) is 25.5. The number of amides is 1. The lowest BCUT2D eigenvalue weighted by atomic mass is 9.96. The van der Waals surface area contributed by atoms with E-state index < -0.39 is 104 Å². The van der Waals surface area contributed by atoms with Crippen LogP contribution in [0, 0.1) is 0 Å². The number of aliphatic hydroxyl groups excluding tert-OH is 2. The van der Waals surface area contributed by atoms with Crippen molar-refractivity contribution in [3.8, 4) is 0 Å². The Labute approximate surface area is 259 Å². The van der Waals surface area contributed by atoms with Crippen molar-refractivity contribution in [2.24, 2.45) is 0 Å². The number of nitrogens with one attached hydrogen (secondary N) is 1. The fraction of sp³-hybridized carbons (Fsp3) is 0.621. The third-order valence-corrected chi connectivity index (χ3v) is 6.70. The number of ether oxygens (including phenoxy) is 8. The van der Waals surface area contributed by atoms with Gasteiger partial charge >= 0.3 is 23.9 Å². The first-order valence-electron chi connectivity index (χ1n) is 14.1. The largest absolute Gasteiger partial charge is 0.463 e. The molecule has 0 aliphatic carbocycles. The summed E-state index contributed by atoms with van der Waals surface area (Å²) in [4.78, 5) is 59.5. The van der Waals surface area contributed by atoms with Crippen LogP contribution < -0.4 is 5.32 Å². The molecule has 45 heavy (non-hydrogen) atoms. The molecule has 2 heterocycles. The predicted octanol–water partition coefficient (Wildman–Crippen LogP) is -0.746. The van der Waals surface area contributed by atoms with E-state index in [0.29, 0.717) is 0 Å². The van der Waals surface area contributed by atoms with E-state index in [1.165, 1.54) is 6.92 Å². The number of carbonyl (C=O) groups excluding carboxylic acids is 5. The highest BCUT2D eigenvalue weighted by Gasteiger charge is 2.53. The summed E-state index contributed by atoms with van der Waals surface area (Å²) in [5.74, 6) is -3.64. The molecule has 10 atom stereocenters. The fourth-order valence-corrected chi connectivity index (χ4v) is 4.86. The molecular weight excluding hydrogens is 602 g/mol. The molecule has 16 nitrogen and oxygen atoms in total. The highest BCUT2D eigenvalue weighted by molar-refractivity contribution is 5.73. The van der Waals surface area contributed by atoms with Crippen molar-refractivity contribution in [3.05, 3.63) is 35.9 Å². The Kier molecular flexibility index (Phi) is 13.2.